The normalized spacial score (nSPS) is 21.7. The van der Waals surface area contributed by atoms with Crippen LogP contribution >= 0.6 is 0 Å². The zero-order chi connectivity index (χ0) is 29.7. The molecule has 1 aliphatic rings. The summed E-state index contributed by atoms with van der Waals surface area (Å²) in [6, 6.07) is 32.2. The number of rotatable bonds is 11. The fraction of sp³-hybridized carbons (Fsp3) is 0.500. The maximum absolute atomic E-state index is 7.36. The summed E-state index contributed by atoms with van der Waals surface area (Å²) in [5.41, 5.74) is 1.17. The lowest BCUT2D eigenvalue weighted by Gasteiger charge is -2.46. The predicted octanol–water partition coefficient (Wildman–Crippen LogP) is 7.21. The van der Waals surface area contributed by atoms with Gasteiger partial charge >= 0.3 is 0 Å². The summed E-state index contributed by atoms with van der Waals surface area (Å²) in [5, 5.41) is 2.51. The third-order valence-electron chi connectivity index (χ3n) is 8.54. The first-order valence-corrected chi connectivity index (χ1v) is 17.1. The molecule has 222 valence electrons. The van der Waals surface area contributed by atoms with Crippen molar-refractivity contribution in [3.8, 4) is 0 Å². The van der Waals surface area contributed by atoms with Gasteiger partial charge in [0.15, 0.2) is 5.79 Å². The van der Waals surface area contributed by atoms with Gasteiger partial charge in [-0.25, -0.2) is 0 Å². The van der Waals surface area contributed by atoms with Crippen LogP contribution in [-0.4, -0.2) is 39.5 Å². The first-order chi connectivity index (χ1) is 19.4. The molecule has 1 heterocycles. The maximum atomic E-state index is 7.36. The second kappa shape index (κ2) is 13.3. The molecule has 5 atom stereocenters. The molecule has 1 saturated heterocycles. The Morgan fingerprint density at radius 2 is 1.37 bits per heavy atom. The molecule has 4 nitrogen and oxygen atoms in total. The highest BCUT2D eigenvalue weighted by Gasteiger charge is 2.51. The second-order valence-electron chi connectivity index (χ2n) is 13.3. The van der Waals surface area contributed by atoms with Crippen LogP contribution in [0.4, 0.5) is 0 Å². The quantitative estimate of drug-likeness (QED) is 0.227. The zero-order valence-corrected chi connectivity index (χ0v) is 27.3. The Hall–Kier alpha value is -2.28. The van der Waals surface area contributed by atoms with Gasteiger partial charge in [-0.3, -0.25) is 0 Å². The molecule has 1 aliphatic heterocycles. The first-order valence-electron chi connectivity index (χ1n) is 15.2. The summed E-state index contributed by atoms with van der Waals surface area (Å²) < 4.78 is 26.7. The van der Waals surface area contributed by atoms with Crippen molar-refractivity contribution in [2.45, 2.75) is 85.0 Å². The number of hydrogen-bond donors (Lipinski definition) is 0. The van der Waals surface area contributed by atoms with Crippen molar-refractivity contribution in [3.05, 3.63) is 96.6 Å². The van der Waals surface area contributed by atoms with Crippen molar-refractivity contribution in [3.63, 3.8) is 0 Å². The molecule has 0 amide bonds. The molecule has 0 radical (unpaired) electrons. The van der Waals surface area contributed by atoms with Gasteiger partial charge in [-0.15, -0.1) is 0 Å². The SMILES string of the molecule is C[C@H]([C@H](OCc1ccccc1)[C@H](C)CO[Si](c1ccccc1)(c1ccccc1)C(C)(C)C)[C@@H]1OC(C)(C)OC[C@H]1C. The van der Waals surface area contributed by atoms with Crippen molar-refractivity contribution in [1.29, 1.82) is 0 Å². The third kappa shape index (κ3) is 7.39. The minimum atomic E-state index is -2.66. The van der Waals surface area contributed by atoms with Crippen LogP contribution in [0.2, 0.25) is 5.04 Å². The van der Waals surface area contributed by atoms with Gasteiger partial charge in [0.05, 0.1) is 25.4 Å². The molecule has 0 N–H and O–H groups in total. The summed E-state index contributed by atoms with van der Waals surface area (Å²) in [6.45, 7) is 19.6. The minimum absolute atomic E-state index is 0.0230. The van der Waals surface area contributed by atoms with E-state index >= 15 is 0 Å². The fourth-order valence-electron chi connectivity index (χ4n) is 6.43. The topological polar surface area (TPSA) is 36.9 Å². The molecule has 41 heavy (non-hydrogen) atoms. The molecule has 3 aromatic carbocycles. The second-order valence-corrected chi connectivity index (χ2v) is 17.6. The highest BCUT2D eigenvalue weighted by atomic mass is 28.4. The molecule has 0 bridgehead atoms. The Labute approximate surface area is 249 Å². The van der Waals surface area contributed by atoms with E-state index in [1.54, 1.807) is 0 Å². The molecule has 5 heteroatoms. The number of hydrogen-bond acceptors (Lipinski definition) is 4. The van der Waals surface area contributed by atoms with Crippen LogP contribution in [0.15, 0.2) is 91.0 Å². The van der Waals surface area contributed by atoms with Gasteiger partial charge in [0.25, 0.3) is 8.32 Å². The van der Waals surface area contributed by atoms with Crippen LogP contribution in [0, 0.1) is 17.8 Å². The third-order valence-corrected chi connectivity index (χ3v) is 13.5. The Morgan fingerprint density at radius 3 is 1.88 bits per heavy atom. The van der Waals surface area contributed by atoms with Crippen molar-refractivity contribution >= 4 is 18.7 Å². The Kier molecular flexibility index (Phi) is 10.3. The van der Waals surface area contributed by atoms with Gasteiger partial charge in [-0.1, -0.05) is 133 Å². The number of ether oxygens (including phenoxy) is 3. The Morgan fingerprint density at radius 1 is 0.854 bits per heavy atom. The molecule has 0 spiro atoms. The predicted molar refractivity (Wildman–Crippen MR) is 171 cm³/mol. The van der Waals surface area contributed by atoms with Gasteiger partial charge in [0.2, 0.25) is 0 Å². The van der Waals surface area contributed by atoms with Crippen molar-refractivity contribution in [1.82, 2.24) is 0 Å². The molecule has 4 rings (SSSR count). The molecular weight excluding hydrogens is 524 g/mol. The highest BCUT2D eigenvalue weighted by Crippen LogP contribution is 2.39. The summed E-state index contributed by atoms with van der Waals surface area (Å²) >= 11 is 0. The molecule has 0 saturated carbocycles. The average molecular weight is 575 g/mol. The van der Waals surface area contributed by atoms with E-state index in [2.05, 4.69) is 126 Å². The van der Waals surface area contributed by atoms with Crippen LogP contribution in [0.5, 0.6) is 0 Å². The van der Waals surface area contributed by atoms with E-state index in [9.17, 15) is 0 Å². The van der Waals surface area contributed by atoms with Crippen LogP contribution in [0.3, 0.4) is 0 Å². The maximum Gasteiger partial charge on any atom is 0.261 e. The summed E-state index contributed by atoms with van der Waals surface area (Å²) in [6.07, 6.45) is -0.0374. The molecule has 3 aromatic rings. The number of benzene rings is 3. The lowest BCUT2D eigenvalue weighted by atomic mass is 9.83. The van der Waals surface area contributed by atoms with Crippen molar-refractivity contribution < 1.29 is 18.6 Å². The lowest BCUT2D eigenvalue weighted by Crippen LogP contribution is -2.67. The molecule has 0 aromatic heterocycles. The minimum Gasteiger partial charge on any atom is -0.407 e. The highest BCUT2D eigenvalue weighted by molar-refractivity contribution is 6.99. The summed E-state index contributed by atoms with van der Waals surface area (Å²) in [5.74, 6) is -0.0539. The molecule has 0 unspecified atom stereocenters. The zero-order valence-electron chi connectivity index (χ0n) is 26.3. The van der Waals surface area contributed by atoms with Gasteiger partial charge in [-0.2, -0.15) is 0 Å². The van der Waals surface area contributed by atoms with E-state index < -0.39 is 14.1 Å². The Balaban J connectivity index is 1.66. The standard InChI is InChI=1S/C36H50O4Si/c1-27-24-38-36(7,8)40-34(27)29(3)33(37-26-30-18-12-9-13-19-30)28(2)25-39-41(35(4,5)6,31-20-14-10-15-21-31)32-22-16-11-17-23-32/h9-23,27-29,33-34H,24-26H2,1-8H3/t27-,28-,29-,33-,34-/m1/s1. The van der Waals surface area contributed by atoms with E-state index in [1.165, 1.54) is 15.9 Å². The van der Waals surface area contributed by atoms with Gasteiger partial charge < -0.3 is 18.6 Å². The van der Waals surface area contributed by atoms with Gasteiger partial charge in [0, 0.05) is 24.4 Å². The largest absolute Gasteiger partial charge is 0.407 e. The average Bonchev–Trinajstić information content (AvgIpc) is 2.95. The van der Waals surface area contributed by atoms with Crippen LogP contribution < -0.4 is 10.4 Å². The van der Waals surface area contributed by atoms with Crippen LogP contribution in [0.25, 0.3) is 0 Å². The van der Waals surface area contributed by atoms with E-state index in [1.807, 2.05) is 19.9 Å². The van der Waals surface area contributed by atoms with E-state index in [0.717, 1.165) is 0 Å². The molecule has 1 fully saturated rings. The monoisotopic (exact) mass is 574 g/mol. The summed E-state index contributed by atoms with van der Waals surface area (Å²) in [4.78, 5) is 0. The van der Waals surface area contributed by atoms with Crippen molar-refractivity contribution in [2.75, 3.05) is 13.2 Å². The van der Waals surface area contributed by atoms with Crippen molar-refractivity contribution in [2.24, 2.45) is 17.8 Å². The molecule has 0 aliphatic carbocycles. The smallest absolute Gasteiger partial charge is 0.261 e. The van der Waals surface area contributed by atoms with E-state index in [-0.39, 0.29) is 35.0 Å². The van der Waals surface area contributed by atoms with Gasteiger partial charge in [0.1, 0.15) is 0 Å². The van der Waals surface area contributed by atoms with E-state index in [4.69, 9.17) is 18.6 Å². The van der Waals surface area contributed by atoms with Crippen LogP contribution in [0.1, 0.15) is 61.0 Å². The van der Waals surface area contributed by atoms with Crippen LogP contribution in [-0.2, 0) is 25.2 Å². The Bertz CT molecular complexity index is 1150. The first kappa shape index (κ1) is 31.6. The summed E-state index contributed by atoms with van der Waals surface area (Å²) in [7, 11) is -2.66. The molecular formula is C36H50O4Si. The fourth-order valence-corrected chi connectivity index (χ4v) is 11.1. The lowest BCUT2D eigenvalue weighted by molar-refractivity contribution is -0.306. The van der Waals surface area contributed by atoms with E-state index in [0.29, 0.717) is 19.8 Å². The van der Waals surface area contributed by atoms with Gasteiger partial charge in [-0.05, 0) is 34.8 Å².